The molecule has 2 nitrogen and oxygen atoms in total. The van der Waals surface area contributed by atoms with Gasteiger partial charge in [-0.15, -0.1) is 0 Å². The average Bonchev–Trinajstić information content (AvgIpc) is 2.75. The molecule has 116 valence electrons. The molecule has 1 heterocycles. The third kappa shape index (κ3) is 4.18. The summed E-state index contributed by atoms with van der Waals surface area (Å²) in [6.07, 6.45) is 3.29. The molecule has 0 unspecified atom stereocenters. The van der Waals surface area contributed by atoms with Crippen molar-refractivity contribution in [1.29, 1.82) is 0 Å². The molecule has 0 bridgehead atoms. The zero-order chi connectivity index (χ0) is 15.7. The average molecular weight is 499 g/mol. The Kier molecular flexibility index (Phi) is 5.33. The third-order valence-electron chi connectivity index (χ3n) is 4.61. The van der Waals surface area contributed by atoms with E-state index in [0.29, 0.717) is 5.04 Å². The van der Waals surface area contributed by atoms with Gasteiger partial charge in [-0.1, -0.05) is 0 Å². The summed E-state index contributed by atoms with van der Waals surface area (Å²) in [5, 5.41) is 1.68. The van der Waals surface area contributed by atoms with Crippen molar-refractivity contribution in [2.75, 3.05) is 6.61 Å². The molecule has 0 aliphatic heterocycles. The van der Waals surface area contributed by atoms with E-state index in [1.54, 1.807) is 0 Å². The number of hydrogen-bond acceptors (Lipinski definition) is 1. The second kappa shape index (κ2) is 6.52. The number of hydrogen-bond donors (Lipinski definition) is 0. The molecule has 4 heteroatoms. The van der Waals surface area contributed by atoms with Crippen LogP contribution in [0.5, 0.6) is 0 Å². The molecule has 0 spiro atoms. The molecule has 0 atom stereocenters. The Morgan fingerprint density at radius 1 is 1.19 bits per heavy atom. The number of aryl methyl sites for hydroxylation is 1. The zero-order valence-corrected chi connectivity index (χ0v) is 19.4. The summed E-state index contributed by atoms with van der Waals surface area (Å²) in [6, 6.07) is 9.08. The van der Waals surface area contributed by atoms with Gasteiger partial charge in [0.1, 0.15) is 0 Å². The van der Waals surface area contributed by atoms with Crippen LogP contribution in [0, 0.1) is 0 Å². The van der Waals surface area contributed by atoms with Crippen LogP contribution >= 0.6 is 0 Å². The molecule has 0 N–H and O–H groups in total. The summed E-state index contributed by atoms with van der Waals surface area (Å²) in [7, 11) is -1.59. The Bertz CT molecular complexity index is 613. The SMILES string of the molecule is CC(C)(C)[Si](C)(C)OCCCn1ccc2c[c]([BiH2])ccc21. The van der Waals surface area contributed by atoms with Gasteiger partial charge in [0, 0.05) is 0 Å². The van der Waals surface area contributed by atoms with Gasteiger partial charge in [-0.25, -0.2) is 0 Å². The van der Waals surface area contributed by atoms with Crippen molar-refractivity contribution in [2.24, 2.45) is 0 Å². The Hall–Kier alpha value is -0.180. The van der Waals surface area contributed by atoms with Gasteiger partial charge in [-0.05, 0) is 0 Å². The van der Waals surface area contributed by atoms with E-state index in [1.807, 2.05) is 0 Å². The van der Waals surface area contributed by atoms with Crippen LogP contribution in [-0.4, -0.2) is 44.2 Å². The Morgan fingerprint density at radius 3 is 2.57 bits per heavy atom. The van der Waals surface area contributed by atoms with Crippen molar-refractivity contribution in [2.45, 2.75) is 51.9 Å². The number of benzene rings is 1. The fraction of sp³-hybridized carbons (Fsp3) is 0.529. The van der Waals surface area contributed by atoms with Gasteiger partial charge in [0.05, 0.1) is 0 Å². The quantitative estimate of drug-likeness (QED) is 0.455. The van der Waals surface area contributed by atoms with E-state index in [0.717, 1.165) is 44.3 Å². The summed E-state index contributed by atoms with van der Waals surface area (Å²) in [5.74, 6) is 0. The number of fused-ring (bicyclic) bond motifs is 1. The van der Waals surface area contributed by atoms with Crippen molar-refractivity contribution < 1.29 is 4.43 Å². The molecule has 0 aliphatic carbocycles. The maximum absolute atomic E-state index is 6.26. The first kappa shape index (κ1) is 17.2. The van der Waals surface area contributed by atoms with Gasteiger partial charge in [0.2, 0.25) is 0 Å². The molecule has 0 radical (unpaired) electrons. The molecule has 0 fully saturated rings. The minimum absolute atomic E-state index is 0.301. The van der Waals surface area contributed by atoms with E-state index in [9.17, 15) is 0 Å². The van der Waals surface area contributed by atoms with Crippen LogP contribution in [0.4, 0.5) is 0 Å². The monoisotopic (exact) mass is 499 g/mol. The second-order valence-corrected chi connectivity index (χ2v) is 14.7. The van der Waals surface area contributed by atoms with Crippen molar-refractivity contribution in [3.05, 3.63) is 30.5 Å². The normalized spacial score (nSPS) is 13.0. The van der Waals surface area contributed by atoms with Crippen molar-refractivity contribution in [1.82, 2.24) is 4.57 Å². The first-order valence-electron chi connectivity index (χ1n) is 7.69. The molecule has 1 aromatic carbocycles. The Balaban J connectivity index is 1.91. The summed E-state index contributed by atoms with van der Waals surface area (Å²) in [6.45, 7) is 13.5. The molecule has 1 aromatic heterocycles. The molecule has 0 saturated heterocycles. The number of aromatic nitrogens is 1. The molecule has 2 rings (SSSR count). The zero-order valence-electron chi connectivity index (χ0n) is 13.9. The first-order chi connectivity index (χ1) is 9.71. The van der Waals surface area contributed by atoms with E-state index in [2.05, 4.69) is 68.9 Å². The van der Waals surface area contributed by atoms with Crippen molar-refractivity contribution in [3.8, 4) is 0 Å². The molecular weight excluding hydrogens is 471 g/mol. The van der Waals surface area contributed by atoms with Crippen LogP contribution in [0.15, 0.2) is 30.5 Å². The van der Waals surface area contributed by atoms with Crippen molar-refractivity contribution in [3.63, 3.8) is 0 Å². The maximum atomic E-state index is 6.26. The van der Waals surface area contributed by atoms with E-state index in [-0.39, 0.29) is 0 Å². The summed E-state index contributed by atoms with van der Waals surface area (Å²) in [5.41, 5.74) is 1.35. The van der Waals surface area contributed by atoms with Gasteiger partial charge in [-0.3, -0.25) is 0 Å². The predicted molar refractivity (Wildman–Crippen MR) is 97.9 cm³/mol. The minimum atomic E-state index is -1.59. The second-order valence-electron chi connectivity index (χ2n) is 7.29. The fourth-order valence-corrected chi connectivity index (χ4v) is 4.35. The van der Waals surface area contributed by atoms with Gasteiger partial charge < -0.3 is 0 Å². The Labute approximate surface area is 144 Å². The summed E-state index contributed by atoms with van der Waals surface area (Å²) >= 11 is 0.917. The van der Waals surface area contributed by atoms with Crippen LogP contribution < -0.4 is 3.27 Å². The van der Waals surface area contributed by atoms with Gasteiger partial charge in [0.15, 0.2) is 0 Å². The standard InChI is InChI=1S/C17H26NOSi.Bi.2H/c1-17(2,3)20(4,5)19-14-8-12-18-13-11-15-9-6-7-10-16(15)18;;;/h7,9-11,13H,8,12,14H2,1-5H3;;;. The summed E-state index contributed by atoms with van der Waals surface area (Å²) in [4.78, 5) is 0. The summed E-state index contributed by atoms with van der Waals surface area (Å²) < 4.78 is 10.1. The predicted octanol–water partition coefficient (Wildman–Crippen LogP) is 3.31. The molecule has 0 saturated carbocycles. The number of rotatable bonds is 5. The third-order valence-corrected chi connectivity index (χ3v) is 10.5. The van der Waals surface area contributed by atoms with E-state index >= 15 is 0 Å². The molecular formula is C17H28BiNOSi. The van der Waals surface area contributed by atoms with Crippen LogP contribution in [0.3, 0.4) is 0 Å². The van der Waals surface area contributed by atoms with Crippen molar-refractivity contribution >= 4 is 47.2 Å². The molecule has 2 aromatic rings. The van der Waals surface area contributed by atoms with Crippen LogP contribution in [0.1, 0.15) is 27.2 Å². The van der Waals surface area contributed by atoms with E-state index in [4.69, 9.17) is 4.43 Å². The molecule has 0 aliphatic rings. The van der Waals surface area contributed by atoms with Gasteiger partial charge in [-0.2, -0.15) is 0 Å². The topological polar surface area (TPSA) is 14.2 Å². The Morgan fingerprint density at radius 2 is 1.90 bits per heavy atom. The fourth-order valence-electron chi connectivity index (χ4n) is 2.19. The molecule has 0 amide bonds. The van der Waals surface area contributed by atoms with E-state index < -0.39 is 8.32 Å². The van der Waals surface area contributed by atoms with E-state index in [1.165, 1.54) is 14.2 Å². The van der Waals surface area contributed by atoms with Crippen LogP contribution in [-0.2, 0) is 11.0 Å². The van der Waals surface area contributed by atoms with Gasteiger partial charge in [0.25, 0.3) is 0 Å². The molecule has 21 heavy (non-hydrogen) atoms. The first-order valence-corrected chi connectivity index (χ1v) is 12.8. The van der Waals surface area contributed by atoms with Gasteiger partial charge >= 0.3 is 145 Å². The van der Waals surface area contributed by atoms with Crippen LogP contribution in [0.2, 0.25) is 18.1 Å². The van der Waals surface area contributed by atoms with Crippen LogP contribution in [0.25, 0.3) is 10.9 Å². The number of nitrogens with zero attached hydrogens (tertiary/aromatic N) is 1.